The molecule has 0 amide bonds. The van der Waals surface area contributed by atoms with Crippen LogP contribution in [0.4, 0.5) is 0 Å². The van der Waals surface area contributed by atoms with Crippen molar-refractivity contribution in [2.24, 2.45) is 23.9 Å². The topological polar surface area (TPSA) is 70.4 Å². The molecule has 0 spiro atoms. The number of guanidine groups is 1. The molecule has 8 heteroatoms. The lowest BCUT2D eigenvalue weighted by Crippen LogP contribution is -2.41. The predicted octanol–water partition coefficient (Wildman–Crippen LogP) is 1.86. The third kappa shape index (κ3) is 7.89. The molecule has 2 heterocycles. The summed E-state index contributed by atoms with van der Waals surface area (Å²) in [4.78, 5) is 11.4. The second-order valence-electron chi connectivity index (χ2n) is 6.98. The Morgan fingerprint density at radius 2 is 2.00 bits per heavy atom. The van der Waals surface area contributed by atoms with Gasteiger partial charge in [0.25, 0.3) is 0 Å². The highest BCUT2D eigenvalue weighted by atomic mass is 127. The Bertz CT molecular complexity index is 507. The van der Waals surface area contributed by atoms with Crippen LogP contribution in [-0.2, 0) is 13.6 Å². The minimum absolute atomic E-state index is 0. The monoisotopic (exact) mass is 463 g/mol. The summed E-state index contributed by atoms with van der Waals surface area (Å²) in [5, 5.41) is 10.8. The van der Waals surface area contributed by atoms with Gasteiger partial charge in [-0.25, -0.2) is 9.98 Å². The van der Waals surface area contributed by atoms with Gasteiger partial charge < -0.3 is 15.5 Å². The molecule has 25 heavy (non-hydrogen) atoms. The van der Waals surface area contributed by atoms with E-state index in [1.165, 1.54) is 19.5 Å². The number of likely N-dealkylation sites (tertiary alicyclic amines) is 1. The van der Waals surface area contributed by atoms with Gasteiger partial charge in [0.15, 0.2) is 5.96 Å². The Morgan fingerprint density at radius 1 is 1.28 bits per heavy atom. The first-order chi connectivity index (χ1) is 11.6. The van der Waals surface area contributed by atoms with Gasteiger partial charge in [-0.3, -0.25) is 4.68 Å². The molecule has 1 saturated heterocycles. The first-order valence-electron chi connectivity index (χ1n) is 9.15. The van der Waals surface area contributed by atoms with Crippen molar-refractivity contribution >= 4 is 29.9 Å². The van der Waals surface area contributed by atoms with E-state index in [1.54, 1.807) is 11.0 Å². The SMILES string of the molecule is CCNC(=NCc1ncnn1C)NCCCN1CC(C)CC(C)C1.I. The molecule has 2 N–H and O–H groups in total. The molecular formula is C17H34IN7. The lowest BCUT2D eigenvalue weighted by Gasteiger charge is -2.35. The standard InChI is InChI=1S/C17H33N7.HI/c1-5-18-17(20-10-16-21-13-22-23(16)4)19-7-6-8-24-11-14(2)9-15(3)12-24;/h13-15H,5-12H2,1-4H3,(H2,18,19,20);1H. The molecule has 0 aromatic carbocycles. The molecule has 2 atom stereocenters. The van der Waals surface area contributed by atoms with Gasteiger partial charge in [0.2, 0.25) is 0 Å². The number of aryl methyl sites for hydroxylation is 1. The number of hydrogen-bond acceptors (Lipinski definition) is 4. The van der Waals surface area contributed by atoms with Crippen molar-refractivity contribution in [3.63, 3.8) is 0 Å². The number of aliphatic imine (C=N–C) groups is 1. The van der Waals surface area contributed by atoms with E-state index in [0.29, 0.717) is 6.54 Å². The molecule has 0 aliphatic carbocycles. The second-order valence-corrected chi connectivity index (χ2v) is 6.98. The number of nitrogens with zero attached hydrogens (tertiary/aromatic N) is 5. The normalized spacial score (nSPS) is 21.7. The number of piperidine rings is 1. The largest absolute Gasteiger partial charge is 0.357 e. The van der Waals surface area contributed by atoms with Gasteiger partial charge >= 0.3 is 0 Å². The Morgan fingerprint density at radius 3 is 2.60 bits per heavy atom. The summed E-state index contributed by atoms with van der Waals surface area (Å²) >= 11 is 0. The number of halogens is 1. The third-order valence-corrected chi connectivity index (χ3v) is 4.42. The molecule has 144 valence electrons. The molecule has 1 fully saturated rings. The minimum Gasteiger partial charge on any atom is -0.357 e. The number of hydrogen-bond donors (Lipinski definition) is 2. The summed E-state index contributed by atoms with van der Waals surface area (Å²) in [5.41, 5.74) is 0. The van der Waals surface area contributed by atoms with Gasteiger partial charge in [0.05, 0.1) is 0 Å². The molecule has 1 aromatic heterocycles. The Labute approximate surface area is 169 Å². The molecule has 7 nitrogen and oxygen atoms in total. The van der Waals surface area contributed by atoms with Crippen LogP contribution >= 0.6 is 24.0 Å². The maximum absolute atomic E-state index is 4.58. The van der Waals surface area contributed by atoms with Crippen LogP contribution < -0.4 is 10.6 Å². The Kier molecular flexibility index (Phi) is 10.3. The Hall–Kier alpha value is -0.900. The van der Waals surface area contributed by atoms with Gasteiger partial charge in [-0.1, -0.05) is 13.8 Å². The molecule has 0 saturated carbocycles. The maximum atomic E-state index is 4.58. The van der Waals surface area contributed by atoms with E-state index in [-0.39, 0.29) is 24.0 Å². The average molecular weight is 463 g/mol. The first-order valence-corrected chi connectivity index (χ1v) is 9.15. The van der Waals surface area contributed by atoms with Crippen LogP contribution in [0.15, 0.2) is 11.3 Å². The van der Waals surface area contributed by atoms with E-state index in [1.807, 2.05) is 7.05 Å². The molecule has 0 radical (unpaired) electrons. The highest BCUT2D eigenvalue weighted by Crippen LogP contribution is 2.20. The lowest BCUT2D eigenvalue weighted by molar-refractivity contribution is 0.140. The van der Waals surface area contributed by atoms with E-state index >= 15 is 0 Å². The zero-order chi connectivity index (χ0) is 17.4. The first kappa shape index (κ1) is 22.1. The Balaban J connectivity index is 0.00000312. The molecule has 2 unspecified atom stereocenters. The minimum atomic E-state index is 0. The molecule has 1 aliphatic rings. The van der Waals surface area contributed by atoms with E-state index in [0.717, 1.165) is 49.7 Å². The third-order valence-electron chi connectivity index (χ3n) is 4.42. The molecule has 2 rings (SSSR count). The zero-order valence-corrected chi connectivity index (χ0v) is 18.4. The molecule has 0 bridgehead atoms. The molecule has 1 aliphatic heterocycles. The predicted molar refractivity (Wildman–Crippen MR) is 113 cm³/mol. The van der Waals surface area contributed by atoms with Crippen LogP contribution in [0.5, 0.6) is 0 Å². The van der Waals surface area contributed by atoms with Gasteiger partial charge in [0.1, 0.15) is 18.7 Å². The summed E-state index contributed by atoms with van der Waals surface area (Å²) in [6.07, 6.45) is 4.06. The van der Waals surface area contributed by atoms with Crippen molar-refractivity contribution in [3.05, 3.63) is 12.2 Å². The average Bonchev–Trinajstić information content (AvgIpc) is 2.93. The maximum Gasteiger partial charge on any atom is 0.191 e. The highest BCUT2D eigenvalue weighted by Gasteiger charge is 2.20. The van der Waals surface area contributed by atoms with Crippen LogP contribution in [0.25, 0.3) is 0 Å². The van der Waals surface area contributed by atoms with E-state index in [2.05, 4.69) is 51.4 Å². The van der Waals surface area contributed by atoms with E-state index < -0.39 is 0 Å². The van der Waals surface area contributed by atoms with Gasteiger partial charge in [-0.2, -0.15) is 5.10 Å². The van der Waals surface area contributed by atoms with Crippen molar-refractivity contribution in [2.45, 2.75) is 40.2 Å². The van der Waals surface area contributed by atoms with Crippen molar-refractivity contribution in [2.75, 3.05) is 32.7 Å². The smallest absolute Gasteiger partial charge is 0.191 e. The van der Waals surface area contributed by atoms with Crippen molar-refractivity contribution in [1.82, 2.24) is 30.3 Å². The van der Waals surface area contributed by atoms with Gasteiger partial charge in [-0.15, -0.1) is 24.0 Å². The van der Waals surface area contributed by atoms with E-state index in [9.17, 15) is 0 Å². The number of rotatable bonds is 7. The summed E-state index contributed by atoms with van der Waals surface area (Å²) in [6.45, 7) is 12.8. The molecule has 1 aromatic rings. The fourth-order valence-electron chi connectivity index (χ4n) is 3.44. The number of aromatic nitrogens is 3. The van der Waals surface area contributed by atoms with Crippen LogP contribution in [0.1, 0.15) is 39.4 Å². The summed E-state index contributed by atoms with van der Waals surface area (Å²) in [5.74, 6) is 3.36. The summed E-state index contributed by atoms with van der Waals surface area (Å²) in [7, 11) is 1.89. The van der Waals surface area contributed by atoms with Crippen LogP contribution in [0.3, 0.4) is 0 Å². The van der Waals surface area contributed by atoms with E-state index in [4.69, 9.17) is 0 Å². The number of nitrogens with one attached hydrogen (secondary N) is 2. The van der Waals surface area contributed by atoms with Gasteiger partial charge in [-0.05, 0) is 38.1 Å². The molecular weight excluding hydrogens is 429 g/mol. The fourth-order valence-corrected chi connectivity index (χ4v) is 3.44. The van der Waals surface area contributed by atoms with Crippen LogP contribution in [0.2, 0.25) is 0 Å². The van der Waals surface area contributed by atoms with Crippen molar-refractivity contribution in [3.8, 4) is 0 Å². The van der Waals surface area contributed by atoms with Crippen LogP contribution in [0, 0.1) is 11.8 Å². The highest BCUT2D eigenvalue weighted by molar-refractivity contribution is 14.0. The fraction of sp³-hybridized carbons (Fsp3) is 0.824. The summed E-state index contributed by atoms with van der Waals surface area (Å²) in [6, 6.07) is 0. The summed E-state index contributed by atoms with van der Waals surface area (Å²) < 4.78 is 1.76. The second kappa shape index (κ2) is 11.7. The van der Waals surface area contributed by atoms with Crippen molar-refractivity contribution in [1.29, 1.82) is 0 Å². The lowest BCUT2D eigenvalue weighted by atomic mass is 9.92. The van der Waals surface area contributed by atoms with Crippen LogP contribution in [-0.4, -0.2) is 58.3 Å². The van der Waals surface area contributed by atoms with Gasteiger partial charge in [0, 0.05) is 33.2 Å². The quantitative estimate of drug-likeness (QED) is 0.280. The van der Waals surface area contributed by atoms with Crippen molar-refractivity contribution < 1.29 is 0 Å². The zero-order valence-electron chi connectivity index (χ0n) is 16.0.